The third kappa shape index (κ3) is 2.71. The van der Waals surface area contributed by atoms with E-state index in [2.05, 4.69) is 15.3 Å². The van der Waals surface area contributed by atoms with E-state index >= 15 is 0 Å². The van der Waals surface area contributed by atoms with Crippen molar-refractivity contribution >= 4 is 11.6 Å². The smallest absolute Gasteiger partial charge is 0.0785 e. The molecule has 5 heteroatoms. The fraction of sp³-hybridized carbons (Fsp3) is 0.769. The maximum atomic E-state index is 5.87. The van der Waals surface area contributed by atoms with E-state index in [-0.39, 0.29) is 0 Å². The second-order valence-corrected chi connectivity index (χ2v) is 6.13. The van der Waals surface area contributed by atoms with Gasteiger partial charge in [0.25, 0.3) is 0 Å². The number of rotatable bonds is 3. The third-order valence-corrected chi connectivity index (χ3v) is 4.62. The lowest BCUT2D eigenvalue weighted by atomic mass is 9.78. The van der Waals surface area contributed by atoms with Gasteiger partial charge in [-0.25, -0.2) is 0 Å². The Balaban J connectivity index is 1.50. The predicted molar refractivity (Wildman–Crippen MR) is 72.8 cm³/mol. The summed E-state index contributed by atoms with van der Waals surface area (Å²) in [5.41, 5.74) is 0.604. The Hall–Kier alpha value is -0.580. The van der Waals surface area contributed by atoms with Gasteiger partial charge in [-0.05, 0) is 44.3 Å². The summed E-state index contributed by atoms with van der Waals surface area (Å²) in [5.74, 6) is 0. The third-order valence-electron chi connectivity index (χ3n) is 4.43. The van der Waals surface area contributed by atoms with Crippen LogP contribution in [0.4, 0.5) is 0 Å². The number of piperidine rings is 1. The molecule has 1 spiro atoms. The topological polar surface area (TPSA) is 33.1 Å². The normalized spacial score (nSPS) is 23.8. The van der Waals surface area contributed by atoms with E-state index in [4.69, 9.17) is 11.6 Å². The molecule has 2 aliphatic heterocycles. The largest absolute Gasteiger partial charge is 0.317 e. The van der Waals surface area contributed by atoms with Crippen LogP contribution in [0.2, 0.25) is 5.02 Å². The van der Waals surface area contributed by atoms with E-state index < -0.39 is 0 Å². The highest BCUT2D eigenvalue weighted by Gasteiger charge is 2.38. The van der Waals surface area contributed by atoms with Crippen molar-refractivity contribution in [3.63, 3.8) is 0 Å². The molecule has 2 fully saturated rings. The molecule has 4 nitrogen and oxygen atoms in total. The van der Waals surface area contributed by atoms with E-state index in [1.54, 1.807) is 6.20 Å². The van der Waals surface area contributed by atoms with E-state index in [1.807, 2.05) is 10.9 Å². The Bertz CT molecular complexity index is 397. The van der Waals surface area contributed by atoms with Crippen LogP contribution < -0.4 is 5.32 Å². The number of likely N-dealkylation sites (tertiary alicyclic amines) is 1. The van der Waals surface area contributed by atoms with Crippen LogP contribution in [0, 0.1) is 5.41 Å². The molecule has 3 rings (SSSR count). The Morgan fingerprint density at radius 2 is 2.11 bits per heavy atom. The standard InChI is InChI=1S/C13H21ClN4/c14-12-9-16-18(10-12)8-7-17-6-3-13(11-17)1-4-15-5-2-13/h9-10,15H,1-8,11H2. The molecule has 0 atom stereocenters. The quantitative estimate of drug-likeness (QED) is 0.904. The van der Waals surface area contributed by atoms with Crippen LogP contribution in [0.5, 0.6) is 0 Å². The highest BCUT2D eigenvalue weighted by atomic mass is 35.5. The molecule has 100 valence electrons. The SMILES string of the molecule is Clc1cnn(CCN2CCC3(CCNCC3)C2)c1. The van der Waals surface area contributed by atoms with Gasteiger partial charge in [0.15, 0.2) is 0 Å². The van der Waals surface area contributed by atoms with Crippen LogP contribution >= 0.6 is 11.6 Å². The summed E-state index contributed by atoms with van der Waals surface area (Å²) in [4.78, 5) is 2.58. The van der Waals surface area contributed by atoms with Gasteiger partial charge in [-0.3, -0.25) is 4.68 Å². The lowest BCUT2D eigenvalue weighted by Crippen LogP contribution is -2.39. The van der Waals surface area contributed by atoms with Crippen molar-refractivity contribution in [2.24, 2.45) is 5.41 Å². The summed E-state index contributed by atoms with van der Waals surface area (Å²) >= 11 is 5.87. The van der Waals surface area contributed by atoms with Gasteiger partial charge in [0, 0.05) is 19.3 Å². The lowest BCUT2D eigenvalue weighted by molar-refractivity contribution is 0.193. The molecular weight excluding hydrogens is 248 g/mol. The van der Waals surface area contributed by atoms with Crippen LogP contribution in [0.1, 0.15) is 19.3 Å². The highest BCUT2D eigenvalue weighted by Crippen LogP contribution is 2.38. The lowest BCUT2D eigenvalue weighted by Gasteiger charge is -2.33. The van der Waals surface area contributed by atoms with Gasteiger partial charge in [-0.15, -0.1) is 0 Å². The molecule has 1 aromatic heterocycles. The Kier molecular flexibility index (Phi) is 3.59. The molecular formula is C13H21ClN4. The minimum Gasteiger partial charge on any atom is -0.317 e. The molecule has 0 aromatic carbocycles. The van der Waals surface area contributed by atoms with Crippen molar-refractivity contribution in [1.82, 2.24) is 20.0 Å². The van der Waals surface area contributed by atoms with Gasteiger partial charge in [0.05, 0.1) is 17.8 Å². The maximum Gasteiger partial charge on any atom is 0.0785 e. The Labute approximate surface area is 113 Å². The summed E-state index contributed by atoms with van der Waals surface area (Å²) in [7, 11) is 0. The summed E-state index contributed by atoms with van der Waals surface area (Å²) in [5, 5.41) is 8.42. The van der Waals surface area contributed by atoms with Gasteiger partial charge >= 0.3 is 0 Å². The molecule has 3 heterocycles. The molecule has 0 amide bonds. The molecule has 0 saturated carbocycles. The highest BCUT2D eigenvalue weighted by molar-refractivity contribution is 6.30. The average Bonchev–Trinajstić information content (AvgIpc) is 2.96. The first-order valence-corrected chi connectivity index (χ1v) is 7.25. The van der Waals surface area contributed by atoms with Crippen molar-refractivity contribution in [2.45, 2.75) is 25.8 Å². The summed E-state index contributed by atoms with van der Waals surface area (Å²) in [6.07, 6.45) is 7.67. The van der Waals surface area contributed by atoms with Gasteiger partial charge in [0.1, 0.15) is 0 Å². The van der Waals surface area contributed by atoms with Crippen molar-refractivity contribution in [1.29, 1.82) is 0 Å². The van der Waals surface area contributed by atoms with Crippen molar-refractivity contribution in [3.05, 3.63) is 17.4 Å². The molecule has 1 N–H and O–H groups in total. The van der Waals surface area contributed by atoms with Crippen LogP contribution in [0.3, 0.4) is 0 Å². The second-order valence-electron chi connectivity index (χ2n) is 5.70. The van der Waals surface area contributed by atoms with Crippen LogP contribution in [-0.2, 0) is 6.54 Å². The van der Waals surface area contributed by atoms with Crippen molar-refractivity contribution < 1.29 is 0 Å². The molecule has 1 aromatic rings. The zero-order valence-corrected chi connectivity index (χ0v) is 11.5. The maximum absolute atomic E-state index is 5.87. The molecule has 18 heavy (non-hydrogen) atoms. The molecule has 2 saturated heterocycles. The minimum atomic E-state index is 0.604. The summed E-state index contributed by atoms with van der Waals surface area (Å²) in [6.45, 7) is 6.94. The van der Waals surface area contributed by atoms with Crippen LogP contribution in [-0.4, -0.2) is 47.4 Å². The van der Waals surface area contributed by atoms with E-state index in [9.17, 15) is 0 Å². The summed E-state index contributed by atoms with van der Waals surface area (Å²) < 4.78 is 1.94. The summed E-state index contributed by atoms with van der Waals surface area (Å²) in [6, 6.07) is 0. The fourth-order valence-electron chi connectivity index (χ4n) is 3.29. The van der Waals surface area contributed by atoms with Gasteiger partial charge in [-0.2, -0.15) is 5.10 Å². The number of aromatic nitrogens is 2. The number of nitrogens with zero attached hydrogens (tertiary/aromatic N) is 3. The van der Waals surface area contributed by atoms with E-state index in [0.717, 1.165) is 18.1 Å². The Morgan fingerprint density at radius 1 is 1.28 bits per heavy atom. The molecule has 2 aliphatic rings. The monoisotopic (exact) mass is 268 g/mol. The number of nitrogens with one attached hydrogen (secondary N) is 1. The average molecular weight is 269 g/mol. The number of halogens is 1. The first kappa shape index (κ1) is 12.5. The Morgan fingerprint density at radius 3 is 2.83 bits per heavy atom. The molecule has 0 aliphatic carbocycles. The zero-order valence-electron chi connectivity index (χ0n) is 10.7. The number of hydrogen-bond donors (Lipinski definition) is 1. The first-order valence-electron chi connectivity index (χ1n) is 6.87. The van der Waals surface area contributed by atoms with Gasteiger partial charge < -0.3 is 10.2 Å². The molecule has 0 bridgehead atoms. The minimum absolute atomic E-state index is 0.604. The van der Waals surface area contributed by atoms with Gasteiger partial charge in [0.2, 0.25) is 0 Å². The first-order chi connectivity index (χ1) is 8.76. The molecule has 0 unspecified atom stereocenters. The van der Waals surface area contributed by atoms with Crippen molar-refractivity contribution in [3.8, 4) is 0 Å². The zero-order chi connectivity index (χ0) is 12.4. The van der Waals surface area contributed by atoms with Crippen molar-refractivity contribution in [2.75, 3.05) is 32.7 Å². The van der Waals surface area contributed by atoms with E-state index in [0.29, 0.717) is 5.41 Å². The van der Waals surface area contributed by atoms with Crippen LogP contribution in [0.15, 0.2) is 12.4 Å². The second kappa shape index (κ2) is 5.19. The number of hydrogen-bond acceptors (Lipinski definition) is 3. The van der Waals surface area contributed by atoms with E-state index in [1.165, 1.54) is 45.4 Å². The van der Waals surface area contributed by atoms with Gasteiger partial charge in [-0.1, -0.05) is 11.6 Å². The fourth-order valence-corrected chi connectivity index (χ4v) is 3.44. The van der Waals surface area contributed by atoms with Crippen LogP contribution in [0.25, 0.3) is 0 Å². The predicted octanol–water partition coefficient (Wildman–Crippen LogP) is 1.61. The molecule has 0 radical (unpaired) electrons.